The van der Waals surface area contributed by atoms with Crippen LogP contribution < -0.4 is 0 Å². The van der Waals surface area contributed by atoms with Crippen LogP contribution in [-0.2, 0) is 14.8 Å². The quantitative estimate of drug-likeness (QED) is 0.591. The van der Waals surface area contributed by atoms with E-state index in [1.54, 1.807) is 18.7 Å². The van der Waals surface area contributed by atoms with Gasteiger partial charge in [-0.3, -0.25) is 9.59 Å². The van der Waals surface area contributed by atoms with Crippen molar-refractivity contribution in [2.45, 2.75) is 44.4 Å². The number of piperidine rings is 2. The number of rotatable bonds is 5. The molecular formula is C23H27F2N3O5S. The van der Waals surface area contributed by atoms with Gasteiger partial charge in [-0.1, -0.05) is 5.16 Å². The summed E-state index contributed by atoms with van der Waals surface area (Å²) in [4.78, 5) is 27.4. The largest absolute Gasteiger partial charge is 0.360 e. The van der Waals surface area contributed by atoms with Gasteiger partial charge in [0.1, 0.15) is 22.2 Å². The van der Waals surface area contributed by atoms with Gasteiger partial charge in [-0.2, -0.15) is 4.31 Å². The Kier molecular flexibility index (Phi) is 6.86. The Labute approximate surface area is 196 Å². The van der Waals surface area contributed by atoms with Crippen LogP contribution in [0.4, 0.5) is 8.78 Å². The van der Waals surface area contributed by atoms with E-state index in [0.717, 1.165) is 18.2 Å². The zero-order valence-electron chi connectivity index (χ0n) is 19.1. The van der Waals surface area contributed by atoms with Crippen molar-refractivity contribution in [3.63, 3.8) is 0 Å². The molecule has 2 fully saturated rings. The molecule has 0 bridgehead atoms. The van der Waals surface area contributed by atoms with Crippen molar-refractivity contribution in [3.8, 4) is 0 Å². The Balaban J connectivity index is 1.32. The number of hydrogen-bond acceptors (Lipinski definition) is 6. The smallest absolute Gasteiger partial charge is 0.248 e. The van der Waals surface area contributed by atoms with Crippen molar-refractivity contribution in [2.24, 2.45) is 11.8 Å². The Bertz CT molecular complexity index is 1180. The average Bonchev–Trinajstić information content (AvgIpc) is 3.18. The van der Waals surface area contributed by atoms with E-state index >= 15 is 0 Å². The molecule has 1 aromatic carbocycles. The summed E-state index contributed by atoms with van der Waals surface area (Å²) >= 11 is 0. The maximum atomic E-state index is 14.0. The predicted octanol–water partition coefficient (Wildman–Crippen LogP) is 3.09. The monoisotopic (exact) mass is 495 g/mol. The highest BCUT2D eigenvalue weighted by atomic mass is 32.2. The topological polar surface area (TPSA) is 101 Å². The van der Waals surface area contributed by atoms with E-state index in [1.165, 1.54) is 4.31 Å². The fourth-order valence-electron chi connectivity index (χ4n) is 4.84. The second-order valence-electron chi connectivity index (χ2n) is 8.92. The molecule has 0 unspecified atom stereocenters. The number of carbonyl (C=O) groups excluding carboxylic acids is 2. The van der Waals surface area contributed by atoms with Crippen molar-refractivity contribution >= 4 is 21.7 Å². The molecule has 2 aliphatic rings. The molecule has 1 aromatic heterocycles. The van der Waals surface area contributed by atoms with Gasteiger partial charge in [0.05, 0.1) is 5.56 Å². The predicted molar refractivity (Wildman–Crippen MR) is 117 cm³/mol. The van der Waals surface area contributed by atoms with Gasteiger partial charge in [0.25, 0.3) is 0 Å². The molecule has 3 heterocycles. The van der Waals surface area contributed by atoms with Gasteiger partial charge in [-0.05, 0) is 57.7 Å². The minimum atomic E-state index is -3.75. The summed E-state index contributed by atoms with van der Waals surface area (Å²) in [6.45, 7) is 4.28. The standard InChI is InChI=1S/C23H27F2N3O5S/c1-14-22(15(2)33-26-14)34(31,32)28-11-7-17(8-12-28)23(30)27-9-5-16(6-10-27)21(29)19-13-18(24)3-4-20(19)25/h3-4,13,16-17H,5-12H2,1-2H3. The average molecular weight is 496 g/mol. The minimum Gasteiger partial charge on any atom is -0.360 e. The third-order valence-corrected chi connectivity index (χ3v) is 8.88. The highest BCUT2D eigenvalue weighted by Crippen LogP contribution is 2.30. The number of hydrogen-bond donors (Lipinski definition) is 0. The lowest BCUT2D eigenvalue weighted by Gasteiger charge is -2.36. The SMILES string of the molecule is Cc1noc(C)c1S(=O)(=O)N1CCC(C(=O)N2CCC(C(=O)c3cc(F)ccc3F)CC2)CC1. The summed E-state index contributed by atoms with van der Waals surface area (Å²) in [5.41, 5.74) is 0.0582. The molecule has 0 saturated carbocycles. The van der Waals surface area contributed by atoms with Gasteiger partial charge in [-0.25, -0.2) is 17.2 Å². The van der Waals surface area contributed by atoms with Crippen molar-refractivity contribution in [1.29, 1.82) is 0 Å². The van der Waals surface area contributed by atoms with Crippen LogP contribution in [0.1, 0.15) is 47.5 Å². The Morgan fingerprint density at radius 1 is 1.00 bits per heavy atom. The summed E-state index contributed by atoms with van der Waals surface area (Å²) < 4.78 is 59.7. The molecule has 0 radical (unpaired) electrons. The summed E-state index contributed by atoms with van der Waals surface area (Å²) in [5.74, 6) is -2.44. The van der Waals surface area contributed by atoms with E-state index in [0.29, 0.717) is 44.5 Å². The minimum absolute atomic E-state index is 0.0581. The molecule has 34 heavy (non-hydrogen) atoms. The third-order valence-electron chi connectivity index (χ3n) is 6.74. The molecule has 2 saturated heterocycles. The lowest BCUT2D eigenvalue weighted by molar-refractivity contribution is -0.138. The molecule has 11 heteroatoms. The summed E-state index contributed by atoms with van der Waals surface area (Å²) in [6.07, 6.45) is 1.54. The van der Waals surface area contributed by atoms with Crippen molar-refractivity contribution < 1.29 is 31.3 Å². The lowest BCUT2D eigenvalue weighted by Crippen LogP contribution is -2.47. The first-order valence-corrected chi connectivity index (χ1v) is 12.7. The van der Waals surface area contributed by atoms with E-state index < -0.39 is 33.4 Å². The van der Waals surface area contributed by atoms with Gasteiger partial charge < -0.3 is 9.42 Å². The Morgan fingerprint density at radius 3 is 2.21 bits per heavy atom. The molecule has 2 aliphatic heterocycles. The molecule has 1 amide bonds. The number of carbonyl (C=O) groups is 2. The van der Waals surface area contributed by atoms with Crippen molar-refractivity contribution in [1.82, 2.24) is 14.4 Å². The van der Waals surface area contributed by atoms with Gasteiger partial charge in [0.15, 0.2) is 11.5 Å². The lowest BCUT2D eigenvalue weighted by atomic mass is 9.87. The van der Waals surface area contributed by atoms with E-state index in [-0.39, 0.29) is 41.1 Å². The number of sulfonamides is 1. The molecule has 0 aliphatic carbocycles. The van der Waals surface area contributed by atoms with Gasteiger partial charge in [0.2, 0.25) is 15.9 Å². The maximum absolute atomic E-state index is 14.0. The zero-order chi connectivity index (χ0) is 24.6. The summed E-state index contributed by atoms with van der Waals surface area (Å²) in [7, 11) is -3.75. The normalized spacial score (nSPS) is 18.9. The Morgan fingerprint density at radius 2 is 1.62 bits per heavy atom. The van der Waals surface area contributed by atoms with Gasteiger partial charge in [0, 0.05) is 38.0 Å². The molecule has 0 atom stereocenters. The number of ketones is 1. The maximum Gasteiger partial charge on any atom is 0.248 e. The molecule has 2 aromatic rings. The highest BCUT2D eigenvalue weighted by Gasteiger charge is 2.37. The first-order chi connectivity index (χ1) is 16.1. The van der Waals surface area contributed by atoms with Crippen LogP contribution in [-0.4, -0.2) is 60.6 Å². The van der Waals surface area contributed by atoms with Crippen molar-refractivity contribution in [2.75, 3.05) is 26.2 Å². The summed E-state index contributed by atoms with van der Waals surface area (Å²) in [6, 6.07) is 2.83. The number of aryl methyl sites for hydroxylation is 2. The van der Waals surface area contributed by atoms with E-state index in [9.17, 15) is 26.8 Å². The fourth-order valence-corrected chi connectivity index (χ4v) is 6.60. The first kappa shape index (κ1) is 24.5. The second kappa shape index (κ2) is 9.53. The molecular weight excluding hydrogens is 468 g/mol. The number of amides is 1. The van der Waals surface area contributed by atoms with E-state index in [1.807, 2.05) is 0 Å². The number of Topliss-reactive ketones (excluding diaryl/α,β-unsaturated/α-hetero) is 1. The van der Waals surface area contributed by atoms with Crippen LogP contribution in [0.2, 0.25) is 0 Å². The molecule has 0 N–H and O–H groups in total. The molecule has 8 nitrogen and oxygen atoms in total. The van der Waals surface area contributed by atoms with Crippen LogP contribution >= 0.6 is 0 Å². The number of benzene rings is 1. The van der Waals surface area contributed by atoms with Gasteiger partial charge in [-0.15, -0.1) is 0 Å². The number of nitrogens with zero attached hydrogens (tertiary/aromatic N) is 3. The fraction of sp³-hybridized carbons (Fsp3) is 0.522. The van der Waals surface area contributed by atoms with Crippen LogP contribution in [0.15, 0.2) is 27.6 Å². The number of aromatic nitrogens is 1. The highest BCUT2D eigenvalue weighted by molar-refractivity contribution is 7.89. The van der Waals surface area contributed by atoms with Gasteiger partial charge >= 0.3 is 0 Å². The van der Waals surface area contributed by atoms with Crippen molar-refractivity contribution in [3.05, 3.63) is 46.9 Å². The van der Waals surface area contributed by atoms with Crippen LogP contribution in [0.5, 0.6) is 0 Å². The van der Waals surface area contributed by atoms with Crippen LogP contribution in [0.25, 0.3) is 0 Å². The molecule has 184 valence electrons. The van der Waals surface area contributed by atoms with Crippen LogP contribution in [0, 0.1) is 37.3 Å². The summed E-state index contributed by atoms with van der Waals surface area (Å²) in [5, 5.41) is 3.72. The first-order valence-electron chi connectivity index (χ1n) is 11.3. The van der Waals surface area contributed by atoms with Crippen LogP contribution in [0.3, 0.4) is 0 Å². The number of likely N-dealkylation sites (tertiary alicyclic amines) is 1. The molecule has 0 spiro atoms. The molecule has 4 rings (SSSR count). The number of halogens is 2. The Hall–Kier alpha value is -2.66. The van der Waals surface area contributed by atoms with E-state index in [2.05, 4.69) is 5.16 Å². The third kappa shape index (κ3) is 4.63. The zero-order valence-corrected chi connectivity index (χ0v) is 19.9. The second-order valence-corrected chi connectivity index (χ2v) is 10.8. The van der Waals surface area contributed by atoms with E-state index in [4.69, 9.17) is 4.52 Å².